The maximum absolute atomic E-state index is 14.4. The van der Waals surface area contributed by atoms with Gasteiger partial charge in [0, 0.05) is 17.5 Å². The second-order valence-electron chi connectivity index (χ2n) is 5.41. The minimum Gasteiger partial charge on any atom is -0.260 e. The zero-order chi connectivity index (χ0) is 14.5. The second kappa shape index (κ2) is 4.49. The molecular formula is C13H18F4N2. The van der Waals surface area contributed by atoms with Gasteiger partial charge in [-0.05, 0) is 26.2 Å². The number of aromatic nitrogens is 2. The molecule has 0 saturated heterocycles. The molecule has 0 unspecified atom stereocenters. The number of alkyl halides is 4. The molecule has 1 heterocycles. The van der Waals surface area contributed by atoms with Crippen LogP contribution in [0, 0.1) is 5.92 Å². The molecule has 1 aromatic rings. The van der Waals surface area contributed by atoms with E-state index in [4.69, 9.17) is 0 Å². The second-order valence-corrected chi connectivity index (χ2v) is 5.41. The van der Waals surface area contributed by atoms with E-state index in [0.29, 0.717) is 0 Å². The van der Waals surface area contributed by atoms with Crippen molar-refractivity contribution in [1.82, 2.24) is 9.78 Å². The third-order valence-electron chi connectivity index (χ3n) is 3.95. The molecule has 0 aromatic carbocycles. The summed E-state index contributed by atoms with van der Waals surface area (Å²) in [4.78, 5) is 0. The molecule has 6 heteroatoms. The van der Waals surface area contributed by atoms with Gasteiger partial charge in [-0.1, -0.05) is 13.8 Å². The number of hydrogen-bond donors (Lipinski definition) is 0. The largest absolute Gasteiger partial charge is 0.293 e. The molecule has 0 amide bonds. The molecule has 108 valence electrons. The van der Waals surface area contributed by atoms with Crippen LogP contribution in [-0.4, -0.2) is 9.78 Å². The van der Waals surface area contributed by atoms with E-state index in [2.05, 4.69) is 5.10 Å². The van der Waals surface area contributed by atoms with Gasteiger partial charge in [0.15, 0.2) is 0 Å². The highest BCUT2D eigenvalue weighted by Gasteiger charge is 2.56. The van der Waals surface area contributed by atoms with E-state index in [0.717, 1.165) is 4.68 Å². The first-order valence-corrected chi connectivity index (χ1v) is 6.52. The summed E-state index contributed by atoms with van der Waals surface area (Å²) in [6, 6.07) is -0.366. The van der Waals surface area contributed by atoms with Crippen molar-refractivity contribution in [2.24, 2.45) is 5.92 Å². The van der Waals surface area contributed by atoms with E-state index in [1.807, 2.05) is 0 Å². The zero-order valence-electron chi connectivity index (χ0n) is 11.4. The number of hydrogen-bond acceptors (Lipinski definition) is 1. The minimum absolute atomic E-state index is 0.0561. The van der Waals surface area contributed by atoms with Gasteiger partial charge in [-0.2, -0.15) is 13.9 Å². The van der Waals surface area contributed by atoms with E-state index >= 15 is 0 Å². The lowest BCUT2D eigenvalue weighted by atomic mass is 9.90. The fraction of sp³-hybridized carbons (Fsp3) is 0.769. The van der Waals surface area contributed by atoms with Crippen molar-refractivity contribution in [2.75, 3.05) is 0 Å². The van der Waals surface area contributed by atoms with Gasteiger partial charge in [-0.25, -0.2) is 8.78 Å². The molecular weight excluding hydrogens is 260 g/mol. The van der Waals surface area contributed by atoms with Crippen LogP contribution in [0.2, 0.25) is 0 Å². The van der Waals surface area contributed by atoms with Crippen molar-refractivity contribution in [3.8, 4) is 0 Å². The van der Waals surface area contributed by atoms with Crippen LogP contribution in [0.3, 0.4) is 0 Å². The van der Waals surface area contributed by atoms with Crippen LogP contribution >= 0.6 is 0 Å². The van der Waals surface area contributed by atoms with Crippen molar-refractivity contribution in [3.05, 3.63) is 17.0 Å². The van der Waals surface area contributed by atoms with E-state index in [1.54, 1.807) is 27.7 Å². The van der Waals surface area contributed by atoms with Crippen LogP contribution in [-0.2, 0) is 5.92 Å². The Morgan fingerprint density at radius 3 is 2.32 bits per heavy atom. The van der Waals surface area contributed by atoms with E-state index < -0.39 is 29.9 Å². The normalized spacial score (nSPS) is 25.4. The third kappa shape index (κ3) is 1.87. The summed E-state index contributed by atoms with van der Waals surface area (Å²) in [5.74, 6) is -4.61. The molecule has 0 bridgehead atoms. The van der Waals surface area contributed by atoms with Crippen molar-refractivity contribution < 1.29 is 17.6 Å². The lowest BCUT2D eigenvalue weighted by Gasteiger charge is -2.23. The van der Waals surface area contributed by atoms with Gasteiger partial charge in [-0.3, -0.25) is 4.68 Å². The molecule has 2 atom stereocenters. The van der Waals surface area contributed by atoms with Crippen molar-refractivity contribution in [1.29, 1.82) is 0 Å². The van der Waals surface area contributed by atoms with Crippen LogP contribution in [0.5, 0.6) is 0 Å². The smallest absolute Gasteiger partial charge is 0.260 e. The van der Waals surface area contributed by atoms with E-state index in [1.165, 1.54) is 0 Å². The van der Waals surface area contributed by atoms with Crippen molar-refractivity contribution >= 4 is 0 Å². The van der Waals surface area contributed by atoms with Crippen LogP contribution in [0.25, 0.3) is 0 Å². The predicted molar refractivity (Wildman–Crippen MR) is 63.7 cm³/mol. The highest BCUT2D eigenvalue weighted by molar-refractivity contribution is 5.40. The predicted octanol–water partition coefficient (Wildman–Crippen LogP) is 4.64. The van der Waals surface area contributed by atoms with Crippen LogP contribution in [0.15, 0.2) is 0 Å². The summed E-state index contributed by atoms with van der Waals surface area (Å²) in [5, 5.41) is 3.73. The first kappa shape index (κ1) is 14.3. The quantitative estimate of drug-likeness (QED) is 0.737. The number of rotatable bonds is 3. The summed E-state index contributed by atoms with van der Waals surface area (Å²) >= 11 is 0. The summed E-state index contributed by atoms with van der Waals surface area (Å²) in [6.07, 6.45) is -2.56. The lowest BCUT2D eigenvalue weighted by Crippen LogP contribution is -2.26. The Balaban J connectivity index is 2.70. The molecule has 0 saturated carbocycles. The molecule has 1 aromatic heterocycles. The maximum Gasteiger partial charge on any atom is 0.293 e. The van der Waals surface area contributed by atoms with Crippen LogP contribution < -0.4 is 0 Å². The molecule has 0 fully saturated rings. The Morgan fingerprint density at radius 1 is 1.32 bits per heavy atom. The average Bonchev–Trinajstić information content (AvgIpc) is 2.76. The highest BCUT2D eigenvalue weighted by Crippen LogP contribution is 2.56. The first-order valence-electron chi connectivity index (χ1n) is 6.52. The van der Waals surface area contributed by atoms with Gasteiger partial charge in [0.1, 0.15) is 11.4 Å². The van der Waals surface area contributed by atoms with Gasteiger partial charge in [-0.15, -0.1) is 0 Å². The Hall–Kier alpha value is -1.07. The van der Waals surface area contributed by atoms with E-state index in [-0.39, 0.29) is 23.7 Å². The number of halogens is 4. The maximum atomic E-state index is 14.4. The molecule has 1 aliphatic carbocycles. The lowest BCUT2D eigenvalue weighted by molar-refractivity contribution is -0.0679. The Morgan fingerprint density at radius 2 is 1.89 bits per heavy atom. The molecule has 1 aliphatic rings. The molecule has 2 nitrogen and oxygen atoms in total. The topological polar surface area (TPSA) is 17.8 Å². The van der Waals surface area contributed by atoms with Gasteiger partial charge >= 0.3 is 0 Å². The number of fused-ring (bicyclic) bond motifs is 1. The molecule has 0 N–H and O–H groups in total. The SMILES string of the molecule is CC[C@@H]1[C@H](C)c2c(C(F)F)nn(C(C)C)c2C1(F)F. The Bertz CT molecular complexity index is 479. The average molecular weight is 278 g/mol. The standard InChI is InChI=1S/C13H18F4N2/c1-5-8-7(4)9-10(12(14)15)18-19(6(2)3)11(9)13(8,16)17/h6-8,12H,5H2,1-4H3/t7-,8+/m0/s1. The minimum atomic E-state index is -3.09. The molecule has 2 rings (SSSR count). The van der Waals surface area contributed by atoms with Gasteiger partial charge < -0.3 is 0 Å². The highest BCUT2D eigenvalue weighted by atomic mass is 19.3. The van der Waals surface area contributed by atoms with Crippen LogP contribution in [0.1, 0.15) is 69.5 Å². The molecule has 0 spiro atoms. The Labute approximate surface area is 109 Å². The molecule has 0 aliphatic heterocycles. The fourth-order valence-corrected chi connectivity index (χ4v) is 3.08. The van der Waals surface area contributed by atoms with Crippen molar-refractivity contribution in [2.45, 2.75) is 58.4 Å². The zero-order valence-corrected chi connectivity index (χ0v) is 11.4. The summed E-state index contributed by atoms with van der Waals surface area (Å²) in [7, 11) is 0. The number of nitrogens with zero attached hydrogens (tertiary/aromatic N) is 2. The van der Waals surface area contributed by atoms with Crippen molar-refractivity contribution in [3.63, 3.8) is 0 Å². The molecule has 19 heavy (non-hydrogen) atoms. The van der Waals surface area contributed by atoms with E-state index in [9.17, 15) is 17.6 Å². The summed E-state index contributed by atoms with van der Waals surface area (Å²) < 4.78 is 56.0. The first-order chi connectivity index (χ1) is 8.73. The fourth-order valence-electron chi connectivity index (χ4n) is 3.08. The monoisotopic (exact) mass is 278 g/mol. The molecule has 0 radical (unpaired) electrons. The van der Waals surface area contributed by atoms with Gasteiger partial charge in [0.2, 0.25) is 0 Å². The third-order valence-corrected chi connectivity index (χ3v) is 3.95. The van der Waals surface area contributed by atoms with Gasteiger partial charge in [0.05, 0.1) is 0 Å². The van der Waals surface area contributed by atoms with Crippen LogP contribution in [0.4, 0.5) is 17.6 Å². The van der Waals surface area contributed by atoms with Gasteiger partial charge in [0.25, 0.3) is 12.3 Å². The summed E-state index contributed by atoms with van der Waals surface area (Å²) in [6.45, 7) is 6.59. The Kier molecular flexibility index (Phi) is 3.39. The summed E-state index contributed by atoms with van der Waals surface area (Å²) in [5.41, 5.74) is -0.732.